The first-order valence-electron chi connectivity index (χ1n) is 8.65. The highest BCUT2D eigenvalue weighted by Gasteiger charge is 2.48. The zero-order chi connectivity index (χ0) is 20.4. The van der Waals surface area contributed by atoms with E-state index in [1.54, 1.807) is 45.0 Å². The third kappa shape index (κ3) is 4.86. The van der Waals surface area contributed by atoms with Crippen LogP contribution in [0.2, 0.25) is 5.02 Å². The number of ketones is 1. The molecule has 0 bridgehead atoms. The highest BCUT2D eigenvalue weighted by Crippen LogP contribution is 2.29. The fraction of sp³-hybridized carbons (Fsp3) is 0.474. The normalized spacial score (nSPS) is 19.8. The molecule has 4 amide bonds. The molecule has 27 heavy (non-hydrogen) atoms. The summed E-state index contributed by atoms with van der Waals surface area (Å²) in [5, 5.41) is 5.97. The Labute approximate surface area is 163 Å². The topological polar surface area (TPSA) is 95.6 Å². The van der Waals surface area contributed by atoms with Gasteiger partial charge < -0.3 is 10.6 Å². The second-order valence-electron chi connectivity index (χ2n) is 7.58. The van der Waals surface area contributed by atoms with E-state index in [1.165, 1.54) is 6.92 Å². The van der Waals surface area contributed by atoms with Gasteiger partial charge >= 0.3 is 6.03 Å². The summed E-state index contributed by atoms with van der Waals surface area (Å²) in [6.45, 7) is 6.52. The number of carbonyl (C=O) groups is 4. The summed E-state index contributed by atoms with van der Waals surface area (Å²) in [6.07, 6.45) is 0.160. The van der Waals surface area contributed by atoms with Gasteiger partial charge in [0.2, 0.25) is 5.91 Å². The molecule has 146 valence electrons. The van der Waals surface area contributed by atoms with E-state index in [9.17, 15) is 19.2 Å². The largest absolute Gasteiger partial charge is 0.351 e. The van der Waals surface area contributed by atoms with E-state index < -0.39 is 23.0 Å². The number of benzene rings is 1. The van der Waals surface area contributed by atoms with Crippen molar-refractivity contribution in [3.63, 3.8) is 0 Å². The van der Waals surface area contributed by atoms with E-state index in [1.807, 2.05) is 0 Å². The van der Waals surface area contributed by atoms with Crippen LogP contribution in [0.25, 0.3) is 0 Å². The Hall–Kier alpha value is -2.41. The molecule has 1 atom stereocenters. The summed E-state index contributed by atoms with van der Waals surface area (Å²) in [5.41, 5.74) is -1.27. The van der Waals surface area contributed by atoms with Gasteiger partial charge in [-0.1, -0.05) is 23.7 Å². The van der Waals surface area contributed by atoms with Crippen LogP contribution >= 0.6 is 11.6 Å². The maximum absolute atomic E-state index is 12.8. The minimum absolute atomic E-state index is 0.0341. The molecule has 2 N–H and O–H groups in total. The van der Waals surface area contributed by atoms with Crippen molar-refractivity contribution in [2.45, 2.75) is 51.6 Å². The van der Waals surface area contributed by atoms with Crippen LogP contribution in [-0.2, 0) is 19.9 Å². The molecule has 2 rings (SSSR count). The highest BCUT2D eigenvalue weighted by molar-refractivity contribution is 6.30. The molecule has 7 nitrogen and oxygen atoms in total. The number of halogens is 1. The van der Waals surface area contributed by atoms with Gasteiger partial charge in [0.1, 0.15) is 11.3 Å². The van der Waals surface area contributed by atoms with Gasteiger partial charge in [0, 0.05) is 29.9 Å². The number of nitrogens with one attached hydrogen (secondary N) is 2. The van der Waals surface area contributed by atoms with Gasteiger partial charge in [-0.25, -0.2) is 4.79 Å². The van der Waals surface area contributed by atoms with E-state index in [-0.39, 0.29) is 31.1 Å². The highest BCUT2D eigenvalue weighted by atomic mass is 35.5. The van der Waals surface area contributed by atoms with Crippen LogP contribution in [0.3, 0.4) is 0 Å². The van der Waals surface area contributed by atoms with Crippen LogP contribution in [-0.4, -0.2) is 40.6 Å². The second-order valence-corrected chi connectivity index (χ2v) is 8.02. The first-order valence-corrected chi connectivity index (χ1v) is 9.03. The number of imide groups is 1. The number of amides is 4. The first kappa shape index (κ1) is 20.9. The summed E-state index contributed by atoms with van der Waals surface area (Å²) in [4.78, 5) is 49.5. The molecule has 1 aromatic carbocycles. The van der Waals surface area contributed by atoms with Gasteiger partial charge in [-0.15, -0.1) is 0 Å². The monoisotopic (exact) mass is 393 g/mol. The Morgan fingerprint density at radius 3 is 2.37 bits per heavy atom. The number of rotatable bonds is 7. The Morgan fingerprint density at radius 1 is 1.22 bits per heavy atom. The Kier molecular flexibility index (Phi) is 5.94. The molecular formula is C19H24ClN3O4. The number of urea groups is 1. The maximum atomic E-state index is 12.8. The molecule has 1 aliphatic heterocycles. The van der Waals surface area contributed by atoms with Crippen LogP contribution < -0.4 is 10.6 Å². The molecule has 1 aliphatic rings. The molecule has 1 fully saturated rings. The lowest BCUT2D eigenvalue weighted by Crippen LogP contribution is -2.46. The number of hydrogen-bond acceptors (Lipinski definition) is 4. The Morgan fingerprint density at radius 2 is 1.81 bits per heavy atom. The fourth-order valence-corrected chi connectivity index (χ4v) is 3.32. The van der Waals surface area contributed by atoms with E-state index in [2.05, 4.69) is 10.6 Å². The van der Waals surface area contributed by atoms with Gasteiger partial charge in [-0.05, 0) is 45.4 Å². The summed E-state index contributed by atoms with van der Waals surface area (Å²) in [5.74, 6) is -0.791. The Bertz CT molecular complexity index is 776. The molecule has 0 spiro atoms. The number of hydrogen-bond donors (Lipinski definition) is 2. The average molecular weight is 394 g/mol. The van der Waals surface area contributed by atoms with E-state index in [4.69, 9.17) is 11.6 Å². The fourth-order valence-electron chi connectivity index (χ4n) is 3.20. The van der Waals surface area contributed by atoms with Crippen molar-refractivity contribution in [2.24, 2.45) is 0 Å². The maximum Gasteiger partial charge on any atom is 0.325 e. The van der Waals surface area contributed by atoms with Crippen LogP contribution in [0.4, 0.5) is 4.79 Å². The summed E-state index contributed by atoms with van der Waals surface area (Å²) in [6, 6.07) is 6.11. The lowest BCUT2D eigenvalue weighted by molar-refractivity contribution is -0.131. The molecule has 8 heteroatoms. The van der Waals surface area contributed by atoms with Crippen molar-refractivity contribution in [1.82, 2.24) is 15.5 Å². The van der Waals surface area contributed by atoms with Crippen molar-refractivity contribution in [1.29, 1.82) is 0 Å². The van der Waals surface area contributed by atoms with E-state index in [0.29, 0.717) is 10.6 Å². The van der Waals surface area contributed by atoms with Crippen LogP contribution in [0.15, 0.2) is 24.3 Å². The van der Waals surface area contributed by atoms with Crippen molar-refractivity contribution >= 4 is 35.2 Å². The molecule has 1 saturated heterocycles. The van der Waals surface area contributed by atoms with Crippen molar-refractivity contribution in [3.05, 3.63) is 34.9 Å². The third-order valence-corrected chi connectivity index (χ3v) is 4.68. The lowest BCUT2D eigenvalue weighted by Gasteiger charge is -2.25. The first-order chi connectivity index (χ1) is 12.4. The smallest absolute Gasteiger partial charge is 0.325 e. The van der Waals surface area contributed by atoms with Crippen LogP contribution in [0.5, 0.6) is 0 Å². The molecule has 0 radical (unpaired) electrons. The average Bonchev–Trinajstić information content (AvgIpc) is 2.74. The minimum Gasteiger partial charge on any atom is -0.351 e. The van der Waals surface area contributed by atoms with Crippen molar-refractivity contribution in [3.8, 4) is 0 Å². The quantitative estimate of drug-likeness (QED) is 0.695. The SMILES string of the molecule is CC(=O)CC(C)(C)NC(=O)CCN1C(=O)N[C@@](C)(c2ccc(Cl)cc2)C1=O. The molecule has 0 unspecified atom stereocenters. The van der Waals surface area contributed by atoms with Crippen LogP contribution in [0.1, 0.15) is 46.1 Å². The van der Waals surface area contributed by atoms with E-state index in [0.717, 1.165) is 4.90 Å². The van der Waals surface area contributed by atoms with Gasteiger partial charge in [-0.2, -0.15) is 0 Å². The zero-order valence-electron chi connectivity index (χ0n) is 15.9. The molecule has 0 aliphatic carbocycles. The minimum atomic E-state index is -1.20. The number of Topliss-reactive ketones (excluding diaryl/α,β-unsaturated/α-hetero) is 1. The Balaban J connectivity index is 2.02. The summed E-state index contributed by atoms with van der Waals surface area (Å²) >= 11 is 5.88. The predicted molar refractivity (Wildman–Crippen MR) is 101 cm³/mol. The van der Waals surface area contributed by atoms with Crippen LogP contribution in [0, 0.1) is 0 Å². The van der Waals surface area contributed by atoms with Gasteiger partial charge in [0.05, 0.1) is 0 Å². The van der Waals surface area contributed by atoms with Crippen molar-refractivity contribution < 1.29 is 19.2 Å². The van der Waals surface area contributed by atoms with E-state index >= 15 is 0 Å². The number of carbonyl (C=O) groups excluding carboxylic acids is 4. The van der Waals surface area contributed by atoms with Gasteiger partial charge in [0.25, 0.3) is 5.91 Å². The molecule has 1 aromatic rings. The molecule has 1 heterocycles. The predicted octanol–water partition coefficient (Wildman–Crippen LogP) is 2.37. The molecule has 0 aromatic heterocycles. The molecular weight excluding hydrogens is 370 g/mol. The second kappa shape index (κ2) is 7.68. The van der Waals surface area contributed by atoms with Gasteiger partial charge in [0.15, 0.2) is 0 Å². The third-order valence-electron chi connectivity index (χ3n) is 4.43. The standard InChI is InChI=1S/C19H24ClN3O4/c1-12(24)11-18(2,3)21-15(25)9-10-23-16(26)19(4,22-17(23)27)13-5-7-14(20)8-6-13/h5-8H,9-11H2,1-4H3,(H,21,25)(H,22,27)/t19-/m0/s1. The molecule has 0 saturated carbocycles. The summed E-state index contributed by atoms with van der Waals surface area (Å²) < 4.78 is 0. The number of nitrogens with zero attached hydrogens (tertiary/aromatic N) is 1. The lowest BCUT2D eigenvalue weighted by atomic mass is 9.92. The zero-order valence-corrected chi connectivity index (χ0v) is 16.6. The van der Waals surface area contributed by atoms with Gasteiger partial charge in [-0.3, -0.25) is 19.3 Å². The van der Waals surface area contributed by atoms with Crippen molar-refractivity contribution in [2.75, 3.05) is 6.54 Å². The summed E-state index contributed by atoms with van der Waals surface area (Å²) in [7, 11) is 0.